The van der Waals surface area contributed by atoms with Gasteiger partial charge in [-0.05, 0) is 18.8 Å². The van der Waals surface area contributed by atoms with E-state index < -0.39 is 12.7 Å². The van der Waals surface area contributed by atoms with Crippen molar-refractivity contribution in [2.45, 2.75) is 37.9 Å². The third-order valence-electron chi connectivity index (χ3n) is 3.19. The van der Waals surface area contributed by atoms with E-state index in [0.29, 0.717) is 12.5 Å². The van der Waals surface area contributed by atoms with E-state index >= 15 is 0 Å². The third kappa shape index (κ3) is 1.98. The van der Waals surface area contributed by atoms with Gasteiger partial charge in [-0.25, -0.2) is 0 Å². The lowest BCUT2D eigenvalue weighted by Gasteiger charge is -2.51. The normalized spacial score (nSPS) is 35.3. The fraction of sp³-hybridized carbons (Fsp3) is 1.00. The zero-order valence-corrected chi connectivity index (χ0v) is 7.48. The summed E-state index contributed by atoms with van der Waals surface area (Å²) >= 11 is 0. The van der Waals surface area contributed by atoms with Crippen LogP contribution in [0, 0.1) is 5.92 Å². The maximum Gasteiger partial charge on any atom is 0.401 e. The van der Waals surface area contributed by atoms with E-state index in [9.17, 15) is 13.2 Å². The van der Waals surface area contributed by atoms with Crippen molar-refractivity contribution in [1.29, 1.82) is 0 Å². The molecule has 1 saturated carbocycles. The Kier molecular flexibility index (Phi) is 2.26. The molecule has 1 aliphatic heterocycles. The number of halogens is 3. The Labute approximate surface area is 75.9 Å². The van der Waals surface area contributed by atoms with Gasteiger partial charge in [-0.2, -0.15) is 13.2 Å². The Morgan fingerprint density at radius 3 is 2.46 bits per heavy atom. The van der Waals surface area contributed by atoms with Crippen molar-refractivity contribution in [3.8, 4) is 0 Å². The van der Waals surface area contributed by atoms with Crippen LogP contribution in [0.25, 0.3) is 0 Å². The lowest BCUT2D eigenvalue weighted by Crippen LogP contribution is -2.59. The monoisotopic (exact) mass is 193 g/mol. The van der Waals surface area contributed by atoms with Crippen molar-refractivity contribution in [3.63, 3.8) is 0 Å². The topological polar surface area (TPSA) is 3.24 Å². The van der Waals surface area contributed by atoms with Crippen LogP contribution in [-0.2, 0) is 0 Å². The average molecular weight is 193 g/mol. The molecule has 0 unspecified atom stereocenters. The van der Waals surface area contributed by atoms with Gasteiger partial charge in [0, 0.05) is 12.6 Å². The quantitative estimate of drug-likeness (QED) is 0.618. The predicted molar refractivity (Wildman–Crippen MR) is 43.4 cm³/mol. The number of likely N-dealkylation sites (tertiary alicyclic amines) is 1. The molecule has 4 heteroatoms. The molecule has 2 fully saturated rings. The summed E-state index contributed by atoms with van der Waals surface area (Å²) in [7, 11) is 0. The van der Waals surface area contributed by atoms with Crippen molar-refractivity contribution in [2.24, 2.45) is 5.92 Å². The maximum absolute atomic E-state index is 12.0. The van der Waals surface area contributed by atoms with Gasteiger partial charge in [0.1, 0.15) is 0 Å². The number of fused-ring (bicyclic) bond motifs is 1. The molecule has 0 aromatic rings. The van der Waals surface area contributed by atoms with Crippen molar-refractivity contribution in [2.75, 3.05) is 13.1 Å². The molecular formula is C9H14F3N. The minimum absolute atomic E-state index is 0.246. The Morgan fingerprint density at radius 1 is 1.15 bits per heavy atom. The zero-order valence-electron chi connectivity index (χ0n) is 7.48. The second-order valence-corrected chi connectivity index (χ2v) is 4.16. The van der Waals surface area contributed by atoms with Gasteiger partial charge in [-0.3, -0.25) is 4.90 Å². The van der Waals surface area contributed by atoms with Gasteiger partial charge in [-0.1, -0.05) is 12.8 Å². The van der Waals surface area contributed by atoms with Crippen LogP contribution in [0.3, 0.4) is 0 Å². The molecular weight excluding hydrogens is 179 g/mol. The summed E-state index contributed by atoms with van der Waals surface area (Å²) in [4.78, 5) is 1.59. The molecule has 76 valence electrons. The number of rotatable bonds is 1. The number of hydrogen-bond acceptors (Lipinski definition) is 1. The fourth-order valence-corrected chi connectivity index (χ4v) is 2.59. The molecule has 2 rings (SSSR count). The first-order chi connectivity index (χ1) is 6.06. The standard InChI is InChI=1S/C9H14F3N/c10-9(11,12)6-13-5-7-3-1-2-4-8(7)13/h7-8H,1-6H2/t7-,8-/m1/s1. The molecule has 1 nitrogen and oxygen atoms in total. The minimum Gasteiger partial charge on any atom is -0.291 e. The molecule has 0 amide bonds. The van der Waals surface area contributed by atoms with Gasteiger partial charge in [-0.15, -0.1) is 0 Å². The first kappa shape index (κ1) is 9.31. The molecule has 0 aromatic carbocycles. The van der Waals surface area contributed by atoms with Crippen LogP contribution >= 0.6 is 0 Å². The van der Waals surface area contributed by atoms with Gasteiger partial charge < -0.3 is 0 Å². The Hall–Kier alpha value is -0.250. The Bertz CT molecular complexity index is 190. The number of hydrogen-bond donors (Lipinski definition) is 0. The molecule has 0 radical (unpaired) electrons. The van der Waals surface area contributed by atoms with Gasteiger partial charge >= 0.3 is 6.18 Å². The lowest BCUT2D eigenvalue weighted by molar-refractivity contribution is -0.174. The summed E-state index contributed by atoms with van der Waals surface area (Å²) < 4.78 is 36.1. The second-order valence-electron chi connectivity index (χ2n) is 4.16. The van der Waals surface area contributed by atoms with Crippen LogP contribution in [0.1, 0.15) is 25.7 Å². The second kappa shape index (κ2) is 3.15. The van der Waals surface area contributed by atoms with Gasteiger partial charge in [0.15, 0.2) is 0 Å². The van der Waals surface area contributed by atoms with Crippen LogP contribution in [0.2, 0.25) is 0 Å². The Morgan fingerprint density at radius 2 is 1.85 bits per heavy atom. The van der Waals surface area contributed by atoms with Crippen LogP contribution in [0.5, 0.6) is 0 Å². The highest BCUT2D eigenvalue weighted by Crippen LogP contribution is 2.38. The first-order valence-corrected chi connectivity index (χ1v) is 4.87. The van der Waals surface area contributed by atoms with Crippen molar-refractivity contribution < 1.29 is 13.2 Å². The van der Waals surface area contributed by atoms with Crippen molar-refractivity contribution in [1.82, 2.24) is 4.90 Å². The average Bonchev–Trinajstić information content (AvgIpc) is 1.99. The van der Waals surface area contributed by atoms with Crippen molar-refractivity contribution in [3.05, 3.63) is 0 Å². The molecule has 1 heterocycles. The minimum atomic E-state index is -4.01. The molecule has 0 aromatic heterocycles. The summed E-state index contributed by atoms with van der Waals surface area (Å²) in [6.07, 6.45) is 0.415. The zero-order chi connectivity index (χ0) is 9.47. The van der Waals surface area contributed by atoms with E-state index in [-0.39, 0.29) is 6.04 Å². The highest BCUT2D eigenvalue weighted by Gasteiger charge is 2.44. The summed E-state index contributed by atoms with van der Waals surface area (Å²) in [5.74, 6) is 0.566. The molecule has 2 aliphatic rings. The van der Waals surface area contributed by atoms with E-state index in [4.69, 9.17) is 0 Å². The molecule has 1 aliphatic carbocycles. The smallest absolute Gasteiger partial charge is 0.291 e. The van der Waals surface area contributed by atoms with E-state index in [2.05, 4.69) is 0 Å². The summed E-state index contributed by atoms with van der Waals surface area (Å²) in [5.41, 5.74) is 0. The highest BCUT2D eigenvalue weighted by atomic mass is 19.4. The van der Waals surface area contributed by atoms with Crippen LogP contribution in [0.15, 0.2) is 0 Å². The predicted octanol–water partition coefficient (Wildman–Crippen LogP) is 2.42. The molecule has 0 spiro atoms. The van der Waals surface area contributed by atoms with Gasteiger partial charge in [0.05, 0.1) is 6.54 Å². The van der Waals surface area contributed by atoms with Gasteiger partial charge in [0.25, 0.3) is 0 Å². The molecule has 13 heavy (non-hydrogen) atoms. The maximum atomic E-state index is 12.0. The summed E-state index contributed by atoms with van der Waals surface area (Å²) in [6, 6.07) is 0.246. The molecule has 0 bridgehead atoms. The highest BCUT2D eigenvalue weighted by molar-refractivity contribution is 4.94. The SMILES string of the molecule is FC(F)(F)CN1C[C@H]2CCCC[C@H]21. The number of nitrogens with zero attached hydrogens (tertiary/aromatic N) is 1. The summed E-state index contributed by atoms with van der Waals surface area (Å²) in [6.45, 7) is -0.0294. The van der Waals surface area contributed by atoms with E-state index in [1.807, 2.05) is 0 Å². The number of alkyl halides is 3. The molecule has 1 saturated heterocycles. The molecule has 0 N–H and O–H groups in total. The van der Waals surface area contributed by atoms with Crippen LogP contribution < -0.4 is 0 Å². The third-order valence-corrected chi connectivity index (χ3v) is 3.19. The van der Waals surface area contributed by atoms with E-state index in [1.165, 1.54) is 6.42 Å². The van der Waals surface area contributed by atoms with Crippen LogP contribution in [0.4, 0.5) is 13.2 Å². The van der Waals surface area contributed by atoms with E-state index in [1.54, 1.807) is 4.90 Å². The van der Waals surface area contributed by atoms with Crippen LogP contribution in [-0.4, -0.2) is 30.2 Å². The fourth-order valence-electron chi connectivity index (χ4n) is 2.59. The Balaban J connectivity index is 1.84. The first-order valence-electron chi connectivity index (χ1n) is 4.87. The van der Waals surface area contributed by atoms with Gasteiger partial charge in [0.2, 0.25) is 0 Å². The molecule has 2 atom stereocenters. The lowest BCUT2D eigenvalue weighted by atomic mass is 9.77. The largest absolute Gasteiger partial charge is 0.401 e. The summed E-state index contributed by atoms with van der Waals surface area (Å²) in [5, 5.41) is 0. The van der Waals surface area contributed by atoms with E-state index in [0.717, 1.165) is 19.3 Å². The van der Waals surface area contributed by atoms with Crippen molar-refractivity contribution >= 4 is 0 Å².